The number of ether oxygens (including phenoxy) is 2. The van der Waals surface area contributed by atoms with Gasteiger partial charge in [0.05, 0.1) is 26.2 Å². The van der Waals surface area contributed by atoms with Crippen LogP contribution < -0.4 is 5.32 Å². The molecule has 0 aromatic rings. The highest BCUT2D eigenvalue weighted by molar-refractivity contribution is 5.93. The topological polar surface area (TPSA) is 105 Å². The molecule has 19 heavy (non-hydrogen) atoms. The largest absolute Gasteiger partial charge is 0.481 e. The Morgan fingerprint density at radius 3 is 2.84 bits per heavy atom. The molecule has 0 aromatic heterocycles. The summed E-state index contributed by atoms with van der Waals surface area (Å²) in [5.41, 5.74) is 0. The summed E-state index contributed by atoms with van der Waals surface area (Å²) in [6, 6.07) is -0.982. The third-order valence-electron chi connectivity index (χ3n) is 3.07. The van der Waals surface area contributed by atoms with Crippen LogP contribution in [0.1, 0.15) is 6.42 Å². The fourth-order valence-electron chi connectivity index (χ4n) is 2.16. The Balaban J connectivity index is 2.07. The fourth-order valence-corrected chi connectivity index (χ4v) is 2.16. The molecule has 2 atom stereocenters. The molecule has 2 N–H and O–H groups in total. The highest BCUT2D eigenvalue weighted by atomic mass is 16.6. The number of piperazine rings is 1. The van der Waals surface area contributed by atoms with Crippen LogP contribution in [0.4, 0.5) is 0 Å². The van der Waals surface area contributed by atoms with Crippen molar-refractivity contribution in [3.63, 3.8) is 0 Å². The first-order valence-corrected chi connectivity index (χ1v) is 6.09. The molecule has 0 aliphatic carbocycles. The minimum absolute atomic E-state index is 0.136. The highest BCUT2D eigenvalue weighted by Gasteiger charge is 2.38. The molecule has 2 saturated heterocycles. The summed E-state index contributed by atoms with van der Waals surface area (Å²) >= 11 is 0. The number of rotatable bonds is 3. The minimum atomic E-state index is -1.12. The van der Waals surface area contributed by atoms with Crippen LogP contribution in [-0.2, 0) is 23.9 Å². The zero-order chi connectivity index (χ0) is 13.8. The maximum atomic E-state index is 12.2. The van der Waals surface area contributed by atoms with Gasteiger partial charge in [0.2, 0.25) is 5.91 Å². The van der Waals surface area contributed by atoms with E-state index in [1.807, 2.05) is 0 Å². The van der Waals surface area contributed by atoms with Gasteiger partial charge in [0.25, 0.3) is 5.91 Å². The number of carbonyl (C=O) groups excluding carboxylic acids is 2. The molecular formula is C11H16N2O6. The quantitative estimate of drug-likeness (QED) is 0.628. The molecule has 0 bridgehead atoms. The molecule has 2 unspecified atom stereocenters. The number of nitrogens with one attached hydrogen (secondary N) is 1. The minimum Gasteiger partial charge on any atom is -0.481 e. The van der Waals surface area contributed by atoms with E-state index < -0.39 is 30.4 Å². The van der Waals surface area contributed by atoms with Crippen molar-refractivity contribution >= 4 is 17.8 Å². The van der Waals surface area contributed by atoms with Crippen molar-refractivity contribution in [1.82, 2.24) is 10.2 Å². The van der Waals surface area contributed by atoms with Gasteiger partial charge in [-0.15, -0.1) is 0 Å². The number of nitrogens with zero attached hydrogens (tertiary/aromatic N) is 1. The van der Waals surface area contributed by atoms with Crippen molar-refractivity contribution in [1.29, 1.82) is 0 Å². The number of carboxylic acid groups (broad SMARTS) is 1. The van der Waals surface area contributed by atoms with E-state index in [1.165, 1.54) is 4.90 Å². The summed E-state index contributed by atoms with van der Waals surface area (Å²) in [5, 5.41) is 11.4. The fraction of sp³-hybridized carbons (Fsp3) is 0.727. The lowest BCUT2D eigenvalue weighted by atomic mass is 10.1. The van der Waals surface area contributed by atoms with Crippen LogP contribution in [0.25, 0.3) is 0 Å². The molecule has 2 rings (SSSR count). The van der Waals surface area contributed by atoms with E-state index in [-0.39, 0.29) is 19.1 Å². The second kappa shape index (κ2) is 5.98. The normalized spacial score (nSPS) is 27.8. The summed E-state index contributed by atoms with van der Waals surface area (Å²) in [4.78, 5) is 36.0. The summed E-state index contributed by atoms with van der Waals surface area (Å²) in [6.45, 7) is 1.48. The Labute approximate surface area is 109 Å². The molecule has 8 heteroatoms. The molecule has 0 aromatic carbocycles. The van der Waals surface area contributed by atoms with Crippen LogP contribution in [-0.4, -0.2) is 72.8 Å². The van der Waals surface area contributed by atoms with Gasteiger partial charge >= 0.3 is 5.97 Å². The van der Waals surface area contributed by atoms with E-state index in [0.29, 0.717) is 19.8 Å². The van der Waals surface area contributed by atoms with Crippen LogP contribution in [0.2, 0.25) is 0 Å². The van der Waals surface area contributed by atoms with Gasteiger partial charge in [-0.05, 0) is 0 Å². The first-order chi connectivity index (χ1) is 9.09. The first-order valence-electron chi connectivity index (χ1n) is 6.09. The van der Waals surface area contributed by atoms with Crippen molar-refractivity contribution < 1.29 is 29.0 Å². The molecule has 2 aliphatic rings. The monoisotopic (exact) mass is 272 g/mol. The first kappa shape index (κ1) is 13.8. The van der Waals surface area contributed by atoms with Gasteiger partial charge in [-0.25, -0.2) is 0 Å². The van der Waals surface area contributed by atoms with Crippen LogP contribution in [0.3, 0.4) is 0 Å². The molecule has 0 saturated carbocycles. The predicted octanol–water partition coefficient (Wildman–Crippen LogP) is -1.80. The number of carboxylic acids is 1. The molecule has 2 amide bonds. The van der Waals surface area contributed by atoms with Gasteiger partial charge in [0.1, 0.15) is 6.04 Å². The van der Waals surface area contributed by atoms with E-state index in [9.17, 15) is 14.4 Å². The van der Waals surface area contributed by atoms with Gasteiger partial charge in [0, 0.05) is 13.1 Å². The van der Waals surface area contributed by atoms with E-state index in [2.05, 4.69) is 5.32 Å². The Bertz CT molecular complexity index is 379. The lowest BCUT2D eigenvalue weighted by molar-refractivity contribution is -0.165. The lowest BCUT2D eigenvalue weighted by Crippen LogP contribution is -2.60. The molecule has 106 valence electrons. The van der Waals surface area contributed by atoms with E-state index in [0.717, 1.165) is 0 Å². The average Bonchev–Trinajstić information content (AvgIpc) is 2.41. The Morgan fingerprint density at radius 1 is 1.42 bits per heavy atom. The number of hydrogen-bond donors (Lipinski definition) is 2. The molecule has 2 heterocycles. The maximum absolute atomic E-state index is 12.2. The number of amides is 2. The summed E-state index contributed by atoms with van der Waals surface area (Å²) in [7, 11) is 0. The maximum Gasteiger partial charge on any atom is 0.305 e. The van der Waals surface area contributed by atoms with Crippen LogP contribution in [0, 0.1) is 0 Å². The highest BCUT2D eigenvalue weighted by Crippen LogP contribution is 2.14. The van der Waals surface area contributed by atoms with Crippen LogP contribution >= 0.6 is 0 Å². The van der Waals surface area contributed by atoms with Gasteiger partial charge in [-0.1, -0.05) is 0 Å². The van der Waals surface area contributed by atoms with Crippen molar-refractivity contribution in [2.75, 3.05) is 32.9 Å². The Morgan fingerprint density at radius 2 is 2.21 bits per heavy atom. The lowest BCUT2D eigenvalue weighted by Gasteiger charge is -2.37. The smallest absolute Gasteiger partial charge is 0.305 e. The molecular weight excluding hydrogens is 256 g/mol. The third-order valence-corrected chi connectivity index (χ3v) is 3.07. The van der Waals surface area contributed by atoms with Crippen molar-refractivity contribution in [3.8, 4) is 0 Å². The summed E-state index contributed by atoms with van der Waals surface area (Å²) < 4.78 is 10.4. The van der Waals surface area contributed by atoms with Crippen LogP contribution in [0.5, 0.6) is 0 Å². The number of carbonyl (C=O) groups is 3. The van der Waals surface area contributed by atoms with E-state index in [1.54, 1.807) is 0 Å². The molecule has 0 radical (unpaired) electrons. The second-order valence-corrected chi connectivity index (χ2v) is 4.37. The van der Waals surface area contributed by atoms with Gasteiger partial charge in [0.15, 0.2) is 6.10 Å². The predicted molar refractivity (Wildman–Crippen MR) is 61.3 cm³/mol. The molecule has 8 nitrogen and oxygen atoms in total. The molecule has 0 spiro atoms. The number of aliphatic carboxylic acids is 1. The van der Waals surface area contributed by atoms with Crippen molar-refractivity contribution in [2.45, 2.75) is 18.6 Å². The third kappa shape index (κ3) is 3.21. The van der Waals surface area contributed by atoms with Gasteiger partial charge in [-0.2, -0.15) is 0 Å². The van der Waals surface area contributed by atoms with Crippen molar-refractivity contribution in [3.05, 3.63) is 0 Å². The van der Waals surface area contributed by atoms with E-state index in [4.69, 9.17) is 14.6 Å². The Hall–Kier alpha value is -1.67. The van der Waals surface area contributed by atoms with Gasteiger partial charge < -0.3 is 24.8 Å². The second-order valence-electron chi connectivity index (χ2n) is 4.37. The Kier molecular flexibility index (Phi) is 4.33. The zero-order valence-corrected chi connectivity index (χ0v) is 10.3. The van der Waals surface area contributed by atoms with Gasteiger partial charge in [-0.3, -0.25) is 14.4 Å². The van der Waals surface area contributed by atoms with E-state index >= 15 is 0 Å². The van der Waals surface area contributed by atoms with Crippen LogP contribution in [0.15, 0.2) is 0 Å². The summed E-state index contributed by atoms with van der Waals surface area (Å²) in [5.74, 6) is -1.96. The summed E-state index contributed by atoms with van der Waals surface area (Å²) in [6.07, 6.45) is -1.17. The number of hydrogen-bond acceptors (Lipinski definition) is 5. The molecule has 2 aliphatic heterocycles. The molecule has 2 fully saturated rings. The zero-order valence-electron chi connectivity index (χ0n) is 10.3. The average molecular weight is 272 g/mol. The van der Waals surface area contributed by atoms with Crippen molar-refractivity contribution in [2.24, 2.45) is 0 Å². The SMILES string of the molecule is O=C(O)CC1C(=O)NCCN1C(=O)C1COCCO1. The standard InChI is InChI=1S/C11H16N2O6/c14-9(15)5-7-10(16)12-1-2-13(7)11(17)8-6-18-3-4-19-8/h7-8H,1-6H2,(H,12,16)(H,14,15).